The fourth-order valence-electron chi connectivity index (χ4n) is 3.52. The number of benzene rings is 1. The van der Waals surface area contributed by atoms with Gasteiger partial charge < -0.3 is 4.98 Å². The SMILES string of the molecule is CC1CCCC1c1c[nH]c2ccc(C(C)(C)C)cc12. The van der Waals surface area contributed by atoms with Crippen LogP contribution in [0.2, 0.25) is 0 Å². The summed E-state index contributed by atoms with van der Waals surface area (Å²) in [5.41, 5.74) is 4.50. The first kappa shape index (κ1) is 12.8. The van der Waals surface area contributed by atoms with Crippen molar-refractivity contribution in [1.82, 2.24) is 4.98 Å². The minimum atomic E-state index is 0.226. The summed E-state index contributed by atoms with van der Waals surface area (Å²) in [6.07, 6.45) is 6.38. The van der Waals surface area contributed by atoms with Crippen LogP contribution in [0.5, 0.6) is 0 Å². The minimum absolute atomic E-state index is 0.226. The second-order valence-corrected chi connectivity index (χ2v) is 7.27. The van der Waals surface area contributed by atoms with Crippen molar-refractivity contribution in [2.45, 2.75) is 58.3 Å². The predicted molar refractivity (Wildman–Crippen MR) is 82.8 cm³/mol. The van der Waals surface area contributed by atoms with Crippen molar-refractivity contribution in [2.75, 3.05) is 0 Å². The summed E-state index contributed by atoms with van der Waals surface area (Å²) < 4.78 is 0. The monoisotopic (exact) mass is 255 g/mol. The lowest BCUT2D eigenvalue weighted by atomic mass is 9.84. The molecular weight excluding hydrogens is 230 g/mol. The molecule has 1 heterocycles. The molecule has 1 saturated carbocycles. The van der Waals surface area contributed by atoms with Crippen LogP contribution in [0.1, 0.15) is 64.0 Å². The van der Waals surface area contributed by atoms with Crippen LogP contribution in [0.4, 0.5) is 0 Å². The van der Waals surface area contributed by atoms with Gasteiger partial charge in [0.15, 0.2) is 0 Å². The molecule has 2 unspecified atom stereocenters. The molecular formula is C18H25N. The van der Waals surface area contributed by atoms with Crippen LogP contribution in [-0.4, -0.2) is 4.98 Å². The number of H-pyrrole nitrogens is 1. The van der Waals surface area contributed by atoms with E-state index in [9.17, 15) is 0 Å². The van der Waals surface area contributed by atoms with Crippen LogP contribution < -0.4 is 0 Å². The molecule has 1 heteroatoms. The van der Waals surface area contributed by atoms with Crippen molar-refractivity contribution in [3.05, 3.63) is 35.5 Å². The number of hydrogen-bond donors (Lipinski definition) is 1. The van der Waals surface area contributed by atoms with Gasteiger partial charge in [0.25, 0.3) is 0 Å². The van der Waals surface area contributed by atoms with Gasteiger partial charge in [-0.05, 0) is 46.9 Å². The van der Waals surface area contributed by atoms with Crippen molar-refractivity contribution >= 4 is 10.9 Å². The first-order valence-corrected chi connectivity index (χ1v) is 7.58. The summed E-state index contributed by atoms with van der Waals surface area (Å²) in [5.74, 6) is 1.58. The first-order valence-electron chi connectivity index (χ1n) is 7.58. The Balaban J connectivity index is 2.10. The predicted octanol–water partition coefficient (Wildman–Crippen LogP) is 5.37. The van der Waals surface area contributed by atoms with E-state index < -0.39 is 0 Å². The molecule has 3 rings (SSSR count). The quantitative estimate of drug-likeness (QED) is 0.705. The maximum absolute atomic E-state index is 3.46. The molecule has 0 saturated heterocycles. The number of nitrogens with one attached hydrogen (secondary N) is 1. The summed E-state index contributed by atoms with van der Waals surface area (Å²) in [6.45, 7) is 9.28. The van der Waals surface area contributed by atoms with Gasteiger partial charge in [-0.15, -0.1) is 0 Å². The Morgan fingerprint density at radius 1 is 1.16 bits per heavy atom. The van der Waals surface area contributed by atoms with E-state index >= 15 is 0 Å². The van der Waals surface area contributed by atoms with Crippen LogP contribution in [0, 0.1) is 5.92 Å². The standard InChI is InChI=1S/C18H25N/c1-12-6-5-7-14(12)16-11-19-17-9-8-13(10-15(16)17)18(2,3)4/h8-12,14,19H,5-7H2,1-4H3. The Labute approximate surface area is 116 Å². The molecule has 0 spiro atoms. The van der Waals surface area contributed by atoms with Crippen molar-refractivity contribution in [2.24, 2.45) is 5.92 Å². The highest BCUT2D eigenvalue weighted by Gasteiger charge is 2.27. The largest absolute Gasteiger partial charge is 0.361 e. The molecule has 1 aliphatic rings. The van der Waals surface area contributed by atoms with E-state index in [0.29, 0.717) is 0 Å². The molecule has 0 aliphatic heterocycles. The third-order valence-electron chi connectivity index (χ3n) is 4.84. The smallest absolute Gasteiger partial charge is 0.0457 e. The van der Waals surface area contributed by atoms with Crippen LogP contribution in [0.25, 0.3) is 10.9 Å². The average Bonchev–Trinajstić information content (AvgIpc) is 2.92. The highest BCUT2D eigenvalue weighted by molar-refractivity contribution is 5.84. The number of hydrogen-bond acceptors (Lipinski definition) is 0. The van der Waals surface area contributed by atoms with Gasteiger partial charge >= 0.3 is 0 Å². The van der Waals surface area contributed by atoms with E-state index in [1.54, 1.807) is 5.56 Å². The topological polar surface area (TPSA) is 15.8 Å². The molecule has 102 valence electrons. The van der Waals surface area contributed by atoms with Gasteiger partial charge in [-0.3, -0.25) is 0 Å². The van der Waals surface area contributed by atoms with Crippen LogP contribution in [-0.2, 0) is 5.41 Å². The zero-order chi connectivity index (χ0) is 13.6. The molecule has 0 radical (unpaired) electrons. The van der Waals surface area contributed by atoms with E-state index in [1.165, 1.54) is 35.7 Å². The maximum Gasteiger partial charge on any atom is 0.0457 e. The highest BCUT2D eigenvalue weighted by Crippen LogP contribution is 2.42. The van der Waals surface area contributed by atoms with Gasteiger partial charge in [0.2, 0.25) is 0 Å². The lowest BCUT2D eigenvalue weighted by Crippen LogP contribution is -2.10. The van der Waals surface area contributed by atoms with Crippen molar-refractivity contribution in [3.63, 3.8) is 0 Å². The number of rotatable bonds is 1. The maximum atomic E-state index is 3.46. The summed E-state index contributed by atoms with van der Waals surface area (Å²) >= 11 is 0. The Morgan fingerprint density at radius 2 is 1.95 bits per heavy atom. The van der Waals surface area contributed by atoms with Crippen LogP contribution >= 0.6 is 0 Å². The molecule has 1 aromatic carbocycles. The van der Waals surface area contributed by atoms with Crippen molar-refractivity contribution in [3.8, 4) is 0 Å². The zero-order valence-electron chi connectivity index (χ0n) is 12.6. The summed E-state index contributed by atoms with van der Waals surface area (Å²) in [6, 6.07) is 6.92. The molecule has 2 aromatic rings. The highest BCUT2D eigenvalue weighted by atomic mass is 14.7. The Morgan fingerprint density at radius 3 is 2.58 bits per heavy atom. The van der Waals surface area contributed by atoms with Crippen molar-refractivity contribution < 1.29 is 0 Å². The van der Waals surface area contributed by atoms with Crippen LogP contribution in [0.15, 0.2) is 24.4 Å². The van der Waals surface area contributed by atoms with Gasteiger partial charge in [-0.1, -0.05) is 46.6 Å². The fourth-order valence-corrected chi connectivity index (χ4v) is 3.52. The number of aromatic nitrogens is 1. The second-order valence-electron chi connectivity index (χ2n) is 7.27. The number of aromatic amines is 1. The van der Waals surface area contributed by atoms with E-state index in [-0.39, 0.29) is 5.41 Å². The summed E-state index contributed by atoms with van der Waals surface area (Å²) in [4.78, 5) is 3.46. The molecule has 1 fully saturated rings. The molecule has 1 aromatic heterocycles. The molecule has 0 bridgehead atoms. The molecule has 0 amide bonds. The molecule has 1 N–H and O–H groups in total. The lowest BCUT2D eigenvalue weighted by Gasteiger charge is -2.20. The minimum Gasteiger partial charge on any atom is -0.361 e. The Hall–Kier alpha value is -1.24. The van der Waals surface area contributed by atoms with Gasteiger partial charge in [0.1, 0.15) is 0 Å². The van der Waals surface area contributed by atoms with Crippen LogP contribution in [0.3, 0.4) is 0 Å². The summed E-state index contributed by atoms with van der Waals surface area (Å²) in [5, 5.41) is 1.45. The third kappa shape index (κ3) is 2.20. The second kappa shape index (κ2) is 4.40. The number of fused-ring (bicyclic) bond motifs is 1. The molecule has 2 atom stereocenters. The zero-order valence-corrected chi connectivity index (χ0v) is 12.6. The van der Waals surface area contributed by atoms with Gasteiger partial charge in [-0.2, -0.15) is 0 Å². The van der Waals surface area contributed by atoms with E-state index in [0.717, 1.165) is 11.8 Å². The molecule has 19 heavy (non-hydrogen) atoms. The molecule has 1 aliphatic carbocycles. The summed E-state index contributed by atoms with van der Waals surface area (Å²) in [7, 11) is 0. The van der Waals surface area contributed by atoms with Gasteiger partial charge in [0, 0.05) is 17.1 Å². The van der Waals surface area contributed by atoms with E-state index in [4.69, 9.17) is 0 Å². The van der Waals surface area contributed by atoms with Gasteiger partial charge in [-0.25, -0.2) is 0 Å². The normalized spacial score (nSPS) is 24.2. The third-order valence-corrected chi connectivity index (χ3v) is 4.84. The fraction of sp³-hybridized carbons (Fsp3) is 0.556. The van der Waals surface area contributed by atoms with Crippen molar-refractivity contribution in [1.29, 1.82) is 0 Å². The Bertz CT molecular complexity index is 585. The average molecular weight is 255 g/mol. The molecule has 1 nitrogen and oxygen atoms in total. The Kier molecular flexibility index (Phi) is 2.96. The lowest BCUT2D eigenvalue weighted by molar-refractivity contribution is 0.536. The van der Waals surface area contributed by atoms with Gasteiger partial charge in [0.05, 0.1) is 0 Å². The first-order chi connectivity index (χ1) is 8.97. The van der Waals surface area contributed by atoms with E-state index in [2.05, 4.69) is 57.1 Å². The van der Waals surface area contributed by atoms with E-state index in [1.807, 2.05) is 0 Å².